The Morgan fingerprint density at radius 3 is 2.30 bits per heavy atom. The van der Waals surface area contributed by atoms with E-state index >= 15 is 0 Å². The molecule has 3 fully saturated rings. The fourth-order valence-electron chi connectivity index (χ4n) is 7.01. The highest BCUT2D eigenvalue weighted by molar-refractivity contribution is 5.82. The van der Waals surface area contributed by atoms with Crippen LogP contribution in [0.5, 0.6) is 0 Å². The molecule has 3 aliphatic heterocycles. The lowest BCUT2D eigenvalue weighted by atomic mass is 9.72. The first kappa shape index (κ1) is 37.1. The Balaban J connectivity index is 1.67. The van der Waals surface area contributed by atoms with E-state index in [4.69, 9.17) is 38.3 Å². The second-order valence-corrected chi connectivity index (χ2v) is 13.5. The lowest BCUT2D eigenvalue weighted by molar-refractivity contribution is -0.334. The third-order valence-corrected chi connectivity index (χ3v) is 10.2. The van der Waals surface area contributed by atoms with Crippen LogP contribution in [-0.2, 0) is 42.7 Å². The summed E-state index contributed by atoms with van der Waals surface area (Å²) in [6.07, 6.45) is 1.92. The monoisotopic (exact) mass is 631 g/mol. The van der Waals surface area contributed by atoms with Gasteiger partial charge in [-0.15, -0.1) is 0 Å². The highest BCUT2D eigenvalue weighted by Crippen LogP contribution is 2.44. The molecule has 0 aliphatic carbocycles. The number of aliphatic hydroxyl groups excluding tert-OH is 1. The number of hydrogen-bond acceptors (Lipinski definition) is 10. The quantitative estimate of drug-likeness (QED) is 0.214. The molecule has 256 valence electrons. The van der Waals surface area contributed by atoms with Crippen molar-refractivity contribution in [1.29, 1.82) is 0 Å². The molecule has 1 unspecified atom stereocenters. The minimum absolute atomic E-state index is 0.0657. The average molecular weight is 632 g/mol. The summed E-state index contributed by atoms with van der Waals surface area (Å²) in [6, 6.07) is 0. The molecule has 3 N–H and O–H groups in total. The van der Waals surface area contributed by atoms with E-state index in [1.54, 1.807) is 14.2 Å². The maximum Gasteiger partial charge on any atom is 0.303 e. The Bertz CT molecular complexity index is 905. The molecule has 0 spiro atoms. The van der Waals surface area contributed by atoms with E-state index in [1.807, 2.05) is 6.92 Å². The van der Waals surface area contributed by atoms with Gasteiger partial charge in [0.15, 0.2) is 12.3 Å². The van der Waals surface area contributed by atoms with E-state index in [2.05, 4.69) is 33.0 Å². The molecule has 0 aromatic carbocycles. The lowest BCUT2D eigenvalue weighted by Crippen LogP contribution is -2.69. The highest BCUT2D eigenvalue weighted by atomic mass is 16.7. The predicted octanol–water partition coefficient (Wildman–Crippen LogP) is 3.62. The Labute approximate surface area is 262 Å². The van der Waals surface area contributed by atoms with Gasteiger partial charge in [-0.1, -0.05) is 53.4 Å². The smallest absolute Gasteiger partial charge is 0.303 e. The minimum atomic E-state index is -1.59. The Morgan fingerprint density at radius 2 is 1.68 bits per heavy atom. The number of carboxylic acids is 1. The van der Waals surface area contributed by atoms with Crippen molar-refractivity contribution in [3.8, 4) is 0 Å². The lowest BCUT2D eigenvalue weighted by Gasteiger charge is -2.54. The van der Waals surface area contributed by atoms with E-state index in [-0.39, 0.29) is 49.5 Å². The summed E-state index contributed by atoms with van der Waals surface area (Å²) in [5, 5.41) is 22.9. The topological polar surface area (TPSA) is 151 Å². The van der Waals surface area contributed by atoms with E-state index in [0.29, 0.717) is 19.3 Å². The number of nitrogens with one attached hydrogen (secondary N) is 1. The first-order chi connectivity index (χ1) is 20.8. The molecule has 3 saturated heterocycles. The zero-order chi connectivity index (χ0) is 32.7. The number of ether oxygens (including phenoxy) is 7. The van der Waals surface area contributed by atoms with Gasteiger partial charge in [0.2, 0.25) is 5.79 Å². The zero-order valence-electron chi connectivity index (χ0n) is 27.9. The largest absolute Gasteiger partial charge is 0.481 e. The maximum absolute atomic E-state index is 13.5. The van der Waals surface area contributed by atoms with Crippen molar-refractivity contribution in [1.82, 2.24) is 5.32 Å². The van der Waals surface area contributed by atoms with E-state index in [0.717, 1.165) is 32.1 Å². The molecule has 12 nitrogen and oxygen atoms in total. The van der Waals surface area contributed by atoms with Crippen molar-refractivity contribution in [2.75, 3.05) is 28.1 Å². The number of aliphatic hydroxyl groups is 1. The van der Waals surface area contributed by atoms with Crippen molar-refractivity contribution >= 4 is 11.9 Å². The first-order valence-electron chi connectivity index (χ1n) is 16.2. The molecule has 3 aliphatic rings. The summed E-state index contributed by atoms with van der Waals surface area (Å²) in [6.45, 7) is 10.2. The number of unbranched alkanes of at least 4 members (excludes halogenated alkanes) is 4. The van der Waals surface area contributed by atoms with Gasteiger partial charge >= 0.3 is 5.97 Å². The third-order valence-electron chi connectivity index (χ3n) is 10.2. The number of amides is 1. The van der Waals surface area contributed by atoms with E-state index < -0.39 is 47.6 Å². The predicted molar refractivity (Wildman–Crippen MR) is 161 cm³/mol. The van der Waals surface area contributed by atoms with Gasteiger partial charge in [0.05, 0.1) is 24.4 Å². The van der Waals surface area contributed by atoms with Crippen LogP contribution >= 0.6 is 0 Å². The molecular weight excluding hydrogens is 574 g/mol. The molecule has 44 heavy (non-hydrogen) atoms. The standard InChI is InChI=1S/C32H57NO11/c1-19-17-32(40-8,44-21(3)20(19)2)27(36)29(37)33-30-26-25(41-18-42-30)28(39-7)31(4,5)23(43-26)16-22(38-6)14-12-10-9-11-13-15-24(34)35/h19-23,25-28,30,36H,9-18H2,1-8H3,(H,33,37)(H,34,35)/t19?,20-,21-,22-,23-,25+,26+,27-,28-,30-,32-/m1/s1. The maximum atomic E-state index is 13.5. The molecule has 3 heterocycles. The van der Waals surface area contributed by atoms with Crippen LogP contribution in [0.15, 0.2) is 0 Å². The van der Waals surface area contributed by atoms with Crippen LogP contribution in [-0.4, -0.2) is 105 Å². The van der Waals surface area contributed by atoms with Crippen molar-refractivity contribution in [2.45, 2.75) is 147 Å². The molecule has 0 bridgehead atoms. The van der Waals surface area contributed by atoms with Gasteiger partial charge in [0.25, 0.3) is 5.91 Å². The van der Waals surface area contributed by atoms with E-state index in [9.17, 15) is 14.7 Å². The summed E-state index contributed by atoms with van der Waals surface area (Å²) in [5.74, 6) is -2.49. The second kappa shape index (κ2) is 16.4. The molecule has 0 radical (unpaired) electrons. The van der Waals surface area contributed by atoms with Crippen molar-refractivity contribution in [3.05, 3.63) is 0 Å². The number of rotatable bonds is 16. The van der Waals surface area contributed by atoms with Crippen molar-refractivity contribution in [2.24, 2.45) is 17.3 Å². The van der Waals surface area contributed by atoms with Gasteiger partial charge < -0.3 is 48.7 Å². The zero-order valence-corrected chi connectivity index (χ0v) is 27.9. The van der Waals surface area contributed by atoms with Crippen LogP contribution in [0.4, 0.5) is 0 Å². The number of fused-ring (bicyclic) bond motifs is 1. The third kappa shape index (κ3) is 8.70. The summed E-state index contributed by atoms with van der Waals surface area (Å²) in [4.78, 5) is 24.2. The fourth-order valence-corrected chi connectivity index (χ4v) is 7.01. The molecule has 11 atom stereocenters. The van der Waals surface area contributed by atoms with Crippen molar-refractivity contribution < 1.29 is 53.0 Å². The van der Waals surface area contributed by atoms with Crippen molar-refractivity contribution in [3.63, 3.8) is 0 Å². The summed E-state index contributed by atoms with van der Waals surface area (Å²) >= 11 is 0. The molecule has 0 aromatic rings. The van der Waals surface area contributed by atoms with E-state index in [1.165, 1.54) is 7.11 Å². The molecule has 3 rings (SSSR count). The SMILES string of the molecule is CO[C@H](CCCCCCCC(=O)O)C[C@H]1O[C@H]2[C@H](OCO[C@H]2NC(=O)[C@@H](O)[C@@]2(OC)CC(C)[C@@H](C)[C@@H](C)O2)[C@@H](OC)C1(C)C. The minimum Gasteiger partial charge on any atom is -0.481 e. The number of carbonyl (C=O) groups excluding carboxylic acids is 1. The summed E-state index contributed by atoms with van der Waals surface area (Å²) in [7, 11) is 4.79. The Morgan fingerprint density at radius 1 is 1.00 bits per heavy atom. The highest BCUT2D eigenvalue weighted by Gasteiger charge is 2.57. The van der Waals surface area contributed by atoms with Gasteiger partial charge in [-0.25, -0.2) is 0 Å². The molecule has 0 aromatic heterocycles. The van der Waals surface area contributed by atoms with Crippen LogP contribution < -0.4 is 5.32 Å². The summed E-state index contributed by atoms with van der Waals surface area (Å²) < 4.78 is 42.1. The molecule has 0 saturated carbocycles. The van der Waals surface area contributed by atoms with Gasteiger partial charge in [-0.3, -0.25) is 9.59 Å². The van der Waals surface area contributed by atoms with Gasteiger partial charge in [-0.05, 0) is 31.6 Å². The Kier molecular flexibility index (Phi) is 13.9. The van der Waals surface area contributed by atoms with Gasteiger partial charge in [0, 0.05) is 46.0 Å². The summed E-state index contributed by atoms with van der Waals surface area (Å²) in [5.41, 5.74) is -0.450. The molecular formula is C32H57NO11. The second-order valence-electron chi connectivity index (χ2n) is 13.5. The van der Waals surface area contributed by atoms with Gasteiger partial charge in [-0.2, -0.15) is 0 Å². The number of hydrogen-bond donors (Lipinski definition) is 3. The number of carboxylic acid groups (broad SMARTS) is 1. The Hall–Kier alpha value is -1.38. The molecule has 12 heteroatoms. The van der Waals surface area contributed by atoms with Crippen LogP contribution in [0, 0.1) is 17.3 Å². The fraction of sp³-hybridized carbons (Fsp3) is 0.938. The average Bonchev–Trinajstić information content (AvgIpc) is 2.98. The number of aliphatic carboxylic acids is 1. The number of carbonyl (C=O) groups is 2. The first-order valence-corrected chi connectivity index (χ1v) is 16.2. The van der Waals surface area contributed by atoms with Crippen LogP contribution in [0.2, 0.25) is 0 Å². The van der Waals surface area contributed by atoms with Crippen LogP contribution in [0.25, 0.3) is 0 Å². The van der Waals surface area contributed by atoms with Gasteiger partial charge in [0.1, 0.15) is 19.0 Å². The van der Waals surface area contributed by atoms with Crippen LogP contribution in [0.1, 0.15) is 92.4 Å². The number of methoxy groups -OCH3 is 3. The molecule has 1 amide bonds. The normalized spacial score (nSPS) is 36.7. The van der Waals surface area contributed by atoms with Crippen LogP contribution in [0.3, 0.4) is 0 Å².